The Balaban J connectivity index is 1.88. The Morgan fingerprint density at radius 2 is 1.65 bits per heavy atom. The van der Waals surface area contributed by atoms with Crippen molar-refractivity contribution in [2.24, 2.45) is 0 Å². The predicted octanol–water partition coefficient (Wildman–Crippen LogP) is 3.23. The topological polar surface area (TPSA) is 96.8 Å². The standard InChI is InChI=1S/C19H8N6O/c1-21-17-15(10-20)24-18-19(25-17)23-14-9-12(7-8-13(14)22-18)16(26)11-5-3-2-4-6-11/h2-9H. The van der Waals surface area contributed by atoms with Crippen LogP contribution < -0.4 is 0 Å². The number of benzene rings is 2. The minimum Gasteiger partial charge on any atom is -0.358 e. The third kappa shape index (κ3) is 2.50. The smallest absolute Gasteiger partial charge is 0.308 e. The fraction of sp³-hybridized carbons (Fsp3) is 0. The second kappa shape index (κ2) is 6.00. The molecule has 0 aliphatic heterocycles. The zero-order valence-corrected chi connectivity index (χ0v) is 13.2. The lowest BCUT2D eigenvalue weighted by molar-refractivity contribution is 0.103. The SMILES string of the molecule is [C-]#[N+]c1nc2nc3cc(C(=O)c4ccccc4)ccc3nc2nc1C#N. The summed E-state index contributed by atoms with van der Waals surface area (Å²) in [5.74, 6) is -0.243. The maximum absolute atomic E-state index is 12.6. The van der Waals surface area contributed by atoms with E-state index in [4.69, 9.17) is 11.8 Å². The van der Waals surface area contributed by atoms with E-state index in [1.807, 2.05) is 12.1 Å². The van der Waals surface area contributed by atoms with Gasteiger partial charge in [-0.15, -0.1) is 0 Å². The van der Waals surface area contributed by atoms with E-state index in [1.165, 1.54) is 0 Å². The molecule has 0 saturated carbocycles. The number of hydrogen-bond acceptors (Lipinski definition) is 6. The van der Waals surface area contributed by atoms with Crippen LogP contribution in [0.2, 0.25) is 0 Å². The van der Waals surface area contributed by atoms with Gasteiger partial charge in [-0.1, -0.05) is 41.9 Å². The molecular weight excluding hydrogens is 328 g/mol. The maximum Gasteiger partial charge on any atom is 0.308 e. The number of rotatable bonds is 2. The number of nitriles is 1. The molecule has 2 aromatic heterocycles. The molecule has 120 valence electrons. The number of aromatic nitrogens is 4. The molecule has 0 aliphatic carbocycles. The number of nitrogens with zero attached hydrogens (tertiary/aromatic N) is 6. The third-order valence-electron chi connectivity index (χ3n) is 3.78. The van der Waals surface area contributed by atoms with Crippen molar-refractivity contribution in [1.29, 1.82) is 5.26 Å². The highest BCUT2D eigenvalue weighted by Crippen LogP contribution is 2.21. The van der Waals surface area contributed by atoms with Gasteiger partial charge in [-0.25, -0.2) is 15.0 Å². The predicted molar refractivity (Wildman–Crippen MR) is 93.5 cm³/mol. The van der Waals surface area contributed by atoms with Crippen LogP contribution in [0.25, 0.3) is 27.2 Å². The van der Waals surface area contributed by atoms with Crippen molar-refractivity contribution >= 4 is 33.9 Å². The molecule has 2 heterocycles. The van der Waals surface area contributed by atoms with Gasteiger partial charge >= 0.3 is 5.82 Å². The molecule has 0 bridgehead atoms. The molecule has 0 radical (unpaired) electrons. The first kappa shape index (κ1) is 15.3. The summed E-state index contributed by atoms with van der Waals surface area (Å²) in [4.78, 5) is 32.6. The largest absolute Gasteiger partial charge is 0.358 e. The number of ketones is 1. The van der Waals surface area contributed by atoms with Gasteiger partial charge in [0, 0.05) is 11.1 Å². The Morgan fingerprint density at radius 3 is 2.38 bits per heavy atom. The number of fused-ring (bicyclic) bond motifs is 2. The average molecular weight is 336 g/mol. The van der Waals surface area contributed by atoms with E-state index in [1.54, 1.807) is 42.5 Å². The van der Waals surface area contributed by atoms with Crippen LogP contribution >= 0.6 is 0 Å². The maximum atomic E-state index is 12.6. The Hall–Kier alpha value is -4.23. The summed E-state index contributed by atoms with van der Waals surface area (Å²) < 4.78 is 0. The summed E-state index contributed by atoms with van der Waals surface area (Å²) in [6.45, 7) is 7.09. The van der Waals surface area contributed by atoms with Crippen LogP contribution in [-0.2, 0) is 0 Å². The highest BCUT2D eigenvalue weighted by Gasteiger charge is 2.15. The summed E-state index contributed by atoms with van der Waals surface area (Å²) in [7, 11) is 0. The second-order valence-corrected chi connectivity index (χ2v) is 5.39. The summed E-state index contributed by atoms with van der Waals surface area (Å²) in [6.07, 6.45) is 0. The molecule has 0 unspecified atom stereocenters. The van der Waals surface area contributed by atoms with E-state index < -0.39 is 0 Å². The summed E-state index contributed by atoms with van der Waals surface area (Å²) in [5.41, 5.74) is 2.30. The normalized spacial score (nSPS) is 10.4. The number of carbonyl (C=O) groups is 1. The van der Waals surface area contributed by atoms with Crippen LogP contribution in [0.3, 0.4) is 0 Å². The van der Waals surface area contributed by atoms with E-state index in [9.17, 15) is 4.79 Å². The molecular formula is C19H8N6O. The van der Waals surface area contributed by atoms with Crippen LogP contribution in [0.4, 0.5) is 5.82 Å². The van der Waals surface area contributed by atoms with Crippen LogP contribution in [0.1, 0.15) is 21.6 Å². The minimum absolute atomic E-state index is 0.0861. The van der Waals surface area contributed by atoms with Gasteiger partial charge in [0.05, 0.1) is 11.0 Å². The molecule has 0 N–H and O–H groups in total. The van der Waals surface area contributed by atoms with Crippen molar-refractivity contribution < 1.29 is 4.79 Å². The van der Waals surface area contributed by atoms with Gasteiger partial charge in [0.1, 0.15) is 6.07 Å². The van der Waals surface area contributed by atoms with E-state index in [0.29, 0.717) is 22.2 Å². The molecule has 4 rings (SSSR count). The van der Waals surface area contributed by atoms with Crippen molar-refractivity contribution in [1.82, 2.24) is 19.9 Å². The molecule has 0 amide bonds. The minimum atomic E-state index is -0.123. The summed E-state index contributed by atoms with van der Waals surface area (Å²) in [5, 5.41) is 9.05. The summed E-state index contributed by atoms with van der Waals surface area (Å²) >= 11 is 0. The van der Waals surface area contributed by atoms with E-state index in [2.05, 4.69) is 24.8 Å². The Labute approximate surface area is 147 Å². The monoisotopic (exact) mass is 336 g/mol. The van der Waals surface area contributed by atoms with Gasteiger partial charge in [0.15, 0.2) is 11.5 Å². The van der Waals surface area contributed by atoms with Crippen molar-refractivity contribution in [3.05, 3.63) is 76.8 Å². The van der Waals surface area contributed by atoms with Gasteiger partial charge in [-0.2, -0.15) is 5.26 Å². The molecule has 0 atom stereocenters. The van der Waals surface area contributed by atoms with Crippen molar-refractivity contribution in [3.63, 3.8) is 0 Å². The van der Waals surface area contributed by atoms with Crippen LogP contribution in [0, 0.1) is 17.9 Å². The Bertz CT molecular complexity index is 1270. The fourth-order valence-corrected chi connectivity index (χ4v) is 2.55. The first-order valence-corrected chi connectivity index (χ1v) is 7.56. The van der Waals surface area contributed by atoms with E-state index in [0.717, 1.165) is 0 Å². The molecule has 0 saturated heterocycles. The molecule has 7 nitrogen and oxygen atoms in total. The number of hydrogen-bond donors (Lipinski definition) is 0. The quantitative estimate of drug-likeness (QED) is 0.317. The zero-order valence-electron chi connectivity index (χ0n) is 13.2. The second-order valence-electron chi connectivity index (χ2n) is 5.39. The molecule has 26 heavy (non-hydrogen) atoms. The highest BCUT2D eigenvalue weighted by molar-refractivity contribution is 6.10. The molecule has 2 aromatic carbocycles. The van der Waals surface area contributed by atoms with Gasteiger partial charge in [0.25, 0.3) is 5.65 Å². The number of carbonyl (C=O) groups excluding carboxylic acids is 1. The van der Waals surface area contributed by atoms with Gasteiger partial charge < -0.3 is 4.85 Å². The van der Waals surface area contributed by atoms with Gasteiger partial charge in [0.2, 0.25) is 5.65 Å². The van der Waals surface area contributed by atoms with E-state index in [-0.39, 0.29) is 28.6 Å². The van der Waals surface area contributed by atoms with Crippen molar-refractivity contribution in [2.45, 2.75) is 0 Å². The molecule has 7 heteroatoms. The lowest BCUT2D eigenvalue weighted by Gasteiger charge is -2.03. The van der Waals surface area contributed by atoms with E-state index >= 15 is 0 Å². The molecule has 0 aliphatic rings. The fourth-order valence-electron chi connectivity index (χ4n) is 2.55. The lowest BCUT2D eigenvalue weighted by Crippen LogP contribution is -2.02. The Kier molecular flexibility index (Phi) is 3.53. The average Bonchev–Trinajstić information content (AvgIpc) is 2.70. The van der Waals surface area contributed by atoms with Crippen molar-refractivity contribution in [2.75, 3.05) is 0 Å². The summed E-state index contributed by atoms with van der Waals surface area (Å²) in [6, 6.07) is 15.7. The first-order valence-electron chi connectivity index (χ1n) is 7.56. The van der Waals surface area contributed by atoms with Gasteiger partial charge in [-0.3, -0.25) is 4.79 Å². The van der Waals surface area contributed by atoms with Crippen LogP contribution in [0.5, 0.6) is 0 Å². The molecule has 4 aromatic rings. The van der Waals surface area contributed by atoms with Crippen LogP contribution in [-0.4, -0.2) is 25.7 Å². The zero-order chi connectivity index (χ0) is 18.1. The molecule has 0 spiro atoms. The third-order valence-corrected chi connectivity index (χ3v) is 3.78. The lowest BCUT2D eigenvalue weighted by atomic mass is 10.0. The van der Waals surface area contributed by atoms with Crippen LogP contribution in [0.15, 0.2) is 48.5 Å². The van der Waals surface area contributed by atoms with Gasteiger partial charge in [-0.05, 0) is 18.2 Å². The first-order chi connectivity index (χ1) is 12.7. The Morgan fingerprint density at radius 1 is 0.923 bits per heavy atom. The van der Waals surface area contributed by atoms with Crippen molar-refractivity contribution in [3.8, 4) is 6.07 Å². The molecule has 0 fully saturated rings. The highest BCUT2D eigenvalue weighted by atomic mass is 16.1.